The van der Waals surface area contributed by atoms with Gasteiger partial charge in [0.1, 0.15) is 0 Å². The van der Waals surface area contributed by atoms with Crippen molar-refractivity contribution in [3.8, 4) is 0 Å². The van der Waals surface area contributed by atoms with Crippen LogP contribution in [0.2, 0.25) is 0 Å². The Morgan fingerprint density at radius 3 is 2.64 bits per heavy atom. The van der Waals surface area contributed by atoms with Crippen molar-refractivity contribution in [2.75, 3.05) is 25.9 Å². The number of hydrogen-bond acceptors (Lipinski definition) is 3. The summed E-state index contributed by atoms with van der Waals surface area (Å²) in [5.41, 5.74) is 0. The van der Waals surface area contributed by atoms with Crippen molar-refractivity contribution in [1.82, 2.24) is 9.62 Å². The fourth-order valence-corrected chi connectivity index (χ4v) is 2.62. The molecule has 14 heavy (non-hydrogen) atoms. The van der Waals surface area contributed by atoms with E-state index in [1.54, 1.807) is 0 Å². The Morgan fingerprint density at radius 1 is 1.50 bits per heavy atom. The fraction of sp³-hybridized carbons (Fsp3) is 0.889. The molecule has 1 rings (SSSR count). The molecule has 0 amide bonds. The topological polar surface area (TPSA) is 49.4 Å². The van der Waals surface area contributed by atoms with E-state index in [0.717, 1.165) is 26.1 Å². The molecule has 1 saturated heterocycles. The molecule has 0 spiro atoms. The van der Waals surface area contributed by atoms with Crippen LogP contribution < -0.4 is 4.72 Å². The van der Waals surface area contributed by atoms with Crippen LogP contribution in [-0.4, -0.2) is 45.2 Å². The summed E-state index contributed by atoms with van der Waals surface area (Å²) in [7, 11) is -3.04. The van der Waals surface area contributed by atoms with Gasteiger partial charge in [-0.25, -0.2) is 13.1 Å². The van der Waals surface area contributed by atoms with Gasteiger partial charge in [0.25, 0.3) is 0 Å². The maximum absolute atomic E-state index is 11.0. The molecule has 0 aromatic rings. The largest absolute Gasteiger partial charge is 0.301 e. The second-order valence-electron chi connectivity index (χ2n) is 4.32. The second kappa shape index (κ2) is 4.59. The molecule has 0 aromatic heterocycles. The van der Waals surface area contributed by atoms with Crippen molar-refractivity contribution in [1.29, 1.82) is 0 Å². The number of nitrogens with one attached hydrogen (secondary N) is 1. The Balaban J connectivity index is 2.34. The van der Waals surface area contributed by atoms with Gasteiger partial charge in [-0.15, -0.1) is 0 Å². The van der Waals surface area contributed by atoms with E-state index >= 15 is 0 Å². The average Bonchev–Trinajstić information content (AvgIpc) is 2.30. The third-order valence-corrected chi connectivity index (χ3v) is 2.95. The normalized spacial score (nSPS) is 24.7. The standard InChI is InChI=1S/C9H19N2O2S/c1-8(2)6-11-5-4-9(7-11)10-14(3,12)13/h9-10H,4-7H2,1-3H3. The van der Waals surface area contributed by atoms with E-state index in [0.29, 0.717) is 0 Å². The van der Waals surface area contributed by atoms with Crippen LogP contribution in [0.1, 0.15) is 20.3 Å². The molecule has 1 aliphatic heterocycles. The minimum atomic E-state index is -3.04. The van der Waals surface area contributed by atoms with Gasteiger partial charge in [-0.1, -0.05) is 13.8 Å². The van der Waals surface area contributed by atoms with Crippen molar-refractivity contribution in [2.45, 2.75) is 26.3 Å². The smallest absolute Gasteiger partial charge is 0.208 e. The highest BCUT2D eigenvalue weighted by atomic mass is 32.2. The van der Waals surface area contributed by atoms with E-state index < -0.39 is 10.0 Å². The predicted octanol–water partition coefficient (Wildman–Crippen LogP) is 0.224. The lowest BCUT2D eigenvalue weighted by molar-refractivity contribution is 0.345. The molecule has 1 atom stereocenters. The zero-order chi connectivity index (χ0) is 10.8. The highest BCUT2D eigenvalue weighted by Crippen LogP contribution is 2.12. The van der Waals surface area contributed by atoms with Crippen molar-refractivity contribution in [3.63, 3.8) is 0 Å². The van der Waals surface area contributed by atoms with E-state index in [9.17, 15) is 8.42 Å². The molecule has 1 heterocycles. The van der Waals surface area contributed by atoms with Crippen LogP contribution in [0.25, 0.3) is 0 Å². The molecule has 1 radical (unpaired) electrons. The van der Waals surface area contributed by atoms with Crippen LogP contribution in [0.4, 0.5) is 0 Å². The molecule has 1 aliphatic rings. The lowest BCUT2D eigenvalue weighted by Gasteiger charge is -2.17. The second-order valence-corrected chi connectivity index (χ2v) is 6.10. The maximum atomic E-state index is 11.0. The van der Waals surface area contributed by atoms with Gasteiger partial charge in [0.2, 0.25) is 10.0 Å². The molecule has 0 aliphatic carbocycles. The number of likely N-dealkylation sites (tertiary alicyclic amines) is 1. The molecule has 4 nitrogen and oxygen atoms in total. The summed E-state index contributed by atoms with van der Waals surface area (Å²) in [5.74, 6) is 1.37. The van der Waals surface area contributed by atoms with Crippen LogP contribution in [-0.2, 0) is 10.0 Å². The Kier molecular flexibility index (Phi) is 3.92. The molecule has 0 bridgehead atoms. The van der Waals surface area contributed by atoms with E-state index in [1.807, 2.05) is 0 Å². The summed E-state index contributed by atoms with van der Waals surface area (Å²) in [5, 5.41) is 0. The summed E-state index contributed by atoms with van der Waals surface area (Å²) in [6.07, 6.45) is 2.13. The van der Waals surface area contributed by atoms with Gasteiger partial charge in [0.15, 0.2) is 0 Å². The Labute approximate surface area is 86.7 Å². The van der Waals surface area contributed by atoms with E-state index in [-0.39, 0.29) is 6.04 Å². The Bertz CT molecular complexity index is 275. The van der Waals surface area contributed by atoms with Crippen molar-refractivity contribution in [2.24, 2.45) is 0 Å². The molecule has 83 valence electrons. The molecule has 5 heteroatoms. The minimum Gasteiger partial charge on any atom is -0.301 e. The molecule has 0 saturated carbocycles. The van der Waals surface area contributed by atoms with Crippen molar-refractivity contribution >= 4 is 10.0 Å². The summed E-state index contributed by atoms with van der Waals surface area (Å²) in [6.45, 7) is 6.98. The van der Waals surface area contributed by atoms with Crippen LogP contribution >= 0.6 is 0 Å². The highest BCUT2D eigenvalue weighted by Gasteiger charge is 2.24. The predicted molar refractivity (Wildman–Crippen MR) is 57.4 cm³/mol. The molecular formula is C9H19N2O2S. The number of rotatable bonds is 4. The first-order chi connectivity index (χ1) is 6.37. The minimum absolute atomic E-state index is 0.101. The van der Waals surface area contributed by atoms with Gasteiger partial charge >= 0.3 is 0 Å². The maximum Gasteiger partial charge on any atom is 0.208 e. The van der Waals surface area contributed by atoms with Crippen LogP contribution in [0.3, 0.4) is 0 Å². The third kappa shape index (κ3) is 4.39. The Morgan fingerprint density at radius 2 is 2.14 bits per heavy atom. The molecule has 1 unspecified atom stereocenters. The third-order valence-electron chi connectivity index (χ3n) is 2.19. The van der Waals surface area contributed by atoms with Crippen LogP contribution in [0.15, 0.2) is 0 Å². The molecule has 0 aromatic carbocycles. The van der Waals surface area contributed by atoms with Crippen LogP contribution in [0, 0.1) is 5.92 Å². The number of hydrogen-bond donors (Lipinski definition) is 1. The first-order valence-electron chi connectivity index (χ1n) is 4.85. The first kappa shape index (κ1) is 11.9. The van der Waals surface area contributed by atoms with Gasteiger partial charge in [0.05, 0.1) is 6.26 Å². The summed E-state index contributed by atoms with van der Waals surface area (Å²) < 4.78 is 24.6. The van der Waals surface area contributed by atoms with Crippen LogP contribution in [0.5, 0.6) is 0 Å². The monoisotopic (exact) mass is 219 g/mol. The summed E-state index contributed by atoms with van der Waals surface area (Å²) >= 11 is 0. The summed E-state index contributed by atoms with van der Waals surface area (Å²) in [6, 6.07) is 0.101. The SMILES string of the molecule is C[C](C)CN1CCC(NS(C)(=O)=O)C1. The number of nitrogens with zero attached hydrogens (tertiary/aromatic N) is 1. The van der Waals surface area contributed by atoms with Gasteiger partial charge < -0.3 is 4.90 Å². The van der Waals surface area contributed by atoms with Crippen molar-refractivity contribution in [3.05, 3.63) is 5.92 Å². The average molecular weight is 219 g/mol. The van der Waals surface area contributed by atoms with Gasteiger partial charge in [-0.3, -0.25) is 0 Å². The zero-order valence-corrected chi connectivity index (χ0v) is 9.89. The van der Waals surface area contributed by atoms with Gasteiger partial charge in [-0.05, 0) is 18.9 Å². The van der Waals surface area contributed by atoms with Crippen molar-refractivity contribution < 1.29 is 8.42 Å². The zero-order valence-electron chi connectivity index (χ0n) is 9.08. The van der Waals surface area contributed by atoms with Gasteiger partial charge in [0, 0.05) is 19.1 Å². The Hall–Kier alpha value is -0.130. The fourth-order valence-electron chi connectivity index (χ4n) is 1.82. The lowest BCUT2D eigenvalue weighted by Crippen LogP contribution is -2.36. The molecular weight excluding hydrogens is 200 g/mol. The highest BCUT2D eigenvalue weighted by molar-refractivity contribution is 7.88. The first-order valence-corrected chi connectivity index (χ1v) is 6.74. The quantitative estimate of drug-likeness (QED) is 0.736. The van der Waals surface area contributed by atoms with E-state index in [2.05, 4.69) is 23.5 Å². The summed E-state index contributed by atoms with van der Waals surface area (Å²) in [4.78, 5) is 2.28. The van der Waals surface area contributed by atoms with Gasteiger partial charge in [-0.2, -0.15) is 0 Å². The van der Waals surface area contributed by atoms with E-state index in [4.69, 9.17) is 0 Å². The molecule has 1 fully saturated rings. The molecule has 1 N–H and O–H groups in total. The number of sulfonamides is 1. The lowest BCUT2D eigenvalue weighted by atomic mass is 10.2. The van der Waals surface area contributed by atoms with E-state index in [1.165, 1.54) is 12.2 Å².